The summed E-state index contributed by atoms with van der Waals surface area (Å²) in [6.45, 7) is 12.0. The molecule has 0 aliphatic rings. The van der Waals surface area contributed by atoms with E-state index >= 15 is 0 Å². The van der Waals surface area contributed by atoms with E-state index in [0.29, 0.717) is 25.7 Å². The molecular weight excluding hydrogens is 1330 g/mol. The fourth-order valence-corrected chi connectivity index (χ4v) is 14.4. The van der Waals surface area contributed by atoms with E-state index in [1.165, 1.54) is 244 Å². The highest BCUT2D eigenvalue weighted by atomic mass is 31.2. The second-order valence-corrected chi connectivity index (χ2v) is 33.7. The van der Waals surface area contributed by atoms with Crippen molar-refractivity contribution < 1.29 is 80.2 Å². The first-order valence-electron chi connectivity index (χ1n) is 42.9. The second kappa shape index (κ2) is 73.2. The van der Waals surface area contributed by atoms with Gasteiger partial charge < -0.3 is 33.8 Å². The van der Waals surface area contributed by atoms with Crippen molar-refractivity contribution in [3.63, 3.8) is 0 Å². The predicted octanol–water partition coefficient (Wildman–Crippen LogP) is 24.9. The molecule has 19 heteroatoms. The van der Waals surface area contributed by atoms with Crippen LogP contribution >= 0.6 is 15.6 Å². The third-order valence-electron chi connectivity index (χ3n) is 20.1. The van der Waals surface area contributed by atoms with E-state index in [0.717, 1.165) is 108 Å². The van der Waals surface area contributed by atoms with Gasteiger partial charge in [0.2, 0.25) is 0 Å². The molecule has 0 saturated heterocycles. The highest BCUT2D eigenvalue weighted by Crippen LogP contribution is 2.45. The lowest BCUT2D eigenvalue weighted by Crippen LogP contribution is -2.30. The van der Waals surface area contributed by atoms with Gasteiger partial charge in [-0.15, -0.1) is 0 Å². The lowest BCUT2D eigenvalue weighted by atomic mass is 9.99. The van der Waals surface area contributed by atoms with Gasteiger partial charge in [0, 0.05) is 25.7 Å². The number of aliphatic hydroxyl groups excluding tert-OH is 1. The van der Waals surface area contributed by atoms with Crippen LogP contribution < -0.4 is 0 Å². The Hall–Kier alpha value is -1.94. The van der Waals surface area contributed by atoms with Crippen molar-refractivity contribution in [3.8, 4) is 0 Å². The van der Waals surface area contributed by atoms with Crippen LogP contribution in [0.15, 0.2) is 0 Å². The first-order chi connectivity index (χ1) is 49.3. The molecule has 3 N–H and O–H groups in total. The molecule has 0 rings (SSSR count). The summed E-state index contributed by atoms with van der Waals surface area (Å²) >= 11 is 0. The lowest BCUT2D eigenvalue weighted by Gasteiger charge is -2.21. The number of carbonyl (C=O) groups excluding carboxylic acids is 4. The topological polar surface area (TPSA) is 237 Å². The predicted molar refractivity (Wildman–Crippen MR) is 418 cm³/mol. The average Bonchev–Trinajstić information content (AvgIpc) is 0.926. The Morgan fingerprint density at radius 3 is 0.745 bits per heavy atom. The fourth-order valence-electron chi connectivity index (χ4n) is 12.8. The summed E-state index contributed by atoms with van der Waals surface area (Å²) in [7, 11) is -9.92. The second-order valence-electron chi connectivity index (χ2n) is 30.8. The molecule has 0 saturated carbocycles. The number of ether oxygens (including phenoxy) is 4. The van der Waals surface area contributed by atoms with Gasteiger partial charge in [0.25, 0.3) is 0 Å². The Bertz CT molecular complexity index is 1980. The first-order valence-corrected chi connectivity index (χ1v) is 45.9. The molecule has 606 valence electrons. The van der Waals surface area contributed by atoms with Gasteiger partial charge in [-0.05, 0) is 43.4 Å². The van der Waals surface area contributed by atoms with Crippen molar-refractivity contribution in [2.75, 3.05) is 39.6 Å². The molecule has 0 bridgehead atoms. The van der Waals surface area contributed by atoms with E-state index in [-0.39, 0.29) is 25.7 Å². The quantitative estimate of drug-likeness (QED) is 0.0222. The molecule has 0 radical (unpaired) electrons. The minimum atomic E-state index is -4.96. The van der Waals surface area contributed by atoms with Gasteiger partial charge in [-0.3, -0.25) is 37.3 Å². The Morgan fingerprint density at radius 1 is 0.284 bits per heavy atom. The van der Waals surface area contributed by atoms with E-state index < -0.39 is 97.5 Å². The monoisotopic (exact) mass is 1490 g/mol. The molecule has 4 unspecified atom stereocenters. The maximum Gasteiger partial charge on any atom is 0.472 e. The number of esters is 4. The summed E-state index contributed by atoms with van der Waals surface area (Å²) in [5.41, 5.74) is 0. The number of phosphoric acid groups is 2. The standard InChI is InChI=1S/C83H162O17P2/c1-8-11-12-13-14-15-16-23-27-36-43-50-57-64-80(85)93-70-79(100-83(88)67-60-53-46-39-32-30-35-42-49-56-63-76(7)10-3)73-98-102(91,92)96-69-77(84)68-95-101(89,90)97-72-78(71-94-81(86)65-58-51-44-37-31-29-34-41-48-55-62-75(6)9-2)99-82(87)66-59-52-45-38-28-25-22-20-18-17-19-21-24-26-33-40-47-54-61-74(4)5/h74-79,84H,8-73H2,1-7H3,(H,89,90)(H,91,92)/t75?,76?,77-,78-,79-/m1/s1. The molecule has 0 aromatic heterocycles. The third kappa shape index (κ3) is 73.6. The smallest absolute Gasteiger partial charge is 0.462 e. The summed E-state index contributed by atoms with van der Waals surface area (Å²) < 4.78 is 68.8. The van der Waals surface area contributed by atoms with Gasteiger partial charge >= 0.3 is 39.5 Å². The molecule has 17 nitrogen and oxygen atoms in total. The minimum absolute atomic E-state index is 0.107. The number of hydrogen-bond donors (Lipinski definition) is 3. The van der Waals surface area contributed by atoms with Gasteiger partial charge in [-0.1, -0.05) is 382 Å². The highest BCUT2D eigenvalue weighted by Gasteiger charge is 2.30. The molecule has 0 spiro atoms. The van der Waals surface area contributed by atoms with Crippen molar-refractivity contribution in [1.29, 1.82) is 0 Å². The number of rotatable bonds is 81. The largest absolute Gasteiger partial charge is 0.472 e. The van der Waals surface area contributed by atoms with Gasteiger partial charge in [0.05, 0.1) is 26.4 Å². The van der Waals surface area contributed by atoms with Crippen molar-refractivity contribution in [1.82, 2.24) is 0 Å². The molecule has 0 aliphatic carbocycles. The molecule has 0 aromatic rings. The maximum absolute atomic E-state index is 13.1. The molecule has 0 fully saturated rings. The van der Waals surface area contributed by atoms with Crippen molar-refractivity contribution >= 4 is 39.5 Å². The van der Waals surface area contributed by atoms with Gasteiger partial charge in [-0.2, -0.15) is 0 Å². The minimum Gasteiger partial charge on any atom is -0.462 e. The number of carbonyl (C=O) groups is 4. The van der Waals surface area contributed by atoms with Crippen LogP contribution in [0.1, 0.15) is 434 Å². The molecule has 102 heavy (non-hydrogen) atoms. The molecule has 0 aliphatic heterocycles. The van der Waals surface area contributed by atoms with Crippen LogP contribution in [0.4, 0.5) is 0 Å². The van der Waals surface area contributed by atoms with Gasteiger partial charge in [0.1, 0.15) is 19.3 Å². The van der Waals surface area contributed by atoms with Crippen LogP contribution in [-0.4, -0.2) is 96.7 Å². The van der Waals surface area contributed by atoms with Gasteiger partial charge in [0.15, 0.2) is 12.2 Å². The molecule has 0 amide bonds. The normalized spacial score (nSPS) is 14.5. The zero-order valence-electron chi connectivity index (χ0n) is 67.1. The number of phosphoric ester groups is 2. The summed E-state index contributed by atoms with van der Waals surface area (Å²) in [5.74, 6) is 0.326. The van der Waals surface area contributed by atoms with Crippen molar-refractivity contribution in [2.45, 2.75) is 452 Å². The zero-order chi connectivity index (χ0) is 75.1. The molecule has 7 atom stereocenters. The van der Waals surface area contributed by atoms with Crippen LogP contribution in [0.3, 0.4) is 0 Å². The van der Waals surface area contributed by atoms with Crippen LogP contribution in [0.25, 0.3) is 0 Å². The van der Waals surface area contributed by atoms with E-state index in [1.807, 2.05) is 0 Å². The summed E-state index contributed by atoms with van der Waals surface area (Å²) in [5, 5.41) is 10.7. The number of aliphatic hydroxyl groups is 1. The zero-order valence-corrected chi connectivity index (χ0v) is 68.9. The van der Waals surface area contributed by atoms with Crippen molar-refractivity contribution in [3.05, 3.63) is 0 Å². The number of hydrogen-bond acceptors (Lipinski definition) is 15. The van der Waals surface area contributed by atoms with Crippen molar-refractivity contribution in [2.24, 2.45) is 17.8 Å². The van der Waals surface area contributed by atoms with Crippen LogP contribution in [0.5, 0.6) is 0 Å². The van der Waals surface area contributed by atoms with Gasteiger partial charge in [-0.25, -0.2) is 9.13 Å². The summed E-state index contributed by atoms with van der Waals surface area (Å²) in [4.78, 5) is 73.1. The SMILES string of the molecule is CCCCCCCCCCCCCCCC(=O)OC[C@H](COP(=O)(O)OC[C@H](O)COP(=O)(O)OC[C@@H](COC(=O)CCCCCCCCCCCCC(C)CC)OC(=O)CCCCCCCCCCCCCCCCCCCCC(C)C)OC(=O)CCCCCCCCCCCCC(C)CC. The summed E-state index contributed by atoms with van der Waals surface area (Å²) in [6, 6.07) is 0. The van der Waals surface area contributed by atoms with Crippen LogP contribution in [-0.2, 0) is 65.4 Å². The van der Waals surface area contributed by atoms with E-state index in [2.05, 4.69) is 48.5 Å². The third-order valence-corrected chi connectivity index (χ3v) is 22.0. The van der Waals surface area contributed by atoms with E-state index in [9.17, 15) is 43.2 Å². The molecule has 0 aromatic carbocycles. The Balaban J connectivity index is 5.25. The van der Waals surface area contributed by atoms with Crippen LogP contribution in [0.2, 0.25) is 0 Å². The first kappa shape index (κ1) is 100. The van der Waals surface area contributed by atoms with E-state index in [4.69, 9.17) is 37.0 Å². The fraction of sp³-hybridized carbons (Fsp3) is 0.952. The number of unbranched alkanes of at least 4 members (excludes halogenated alkanes) is 47. The van der Waals surface area contributed by atoms with Crippen LogP contribution in [0, 0.1) is 17.8 Å². The Morgan fingerprint density at radius 2 is 0.500 bits per heavy atom. The summed E-state index contributed by atoms with van der Waals surface area (Å²) in [6.07, 6.45) is 62.2. The maximum atomic E-state index is 13.1. The lowest BCUT2D eigenvalue weighted by molar-refractivity contribution is -0.161. The average molecular weight is 1490 g/mol. The van der Waals surface area contributed by atoms with E-state index in [1.54, 1.807) is 0 Å². The molecular formula is C83H162O17P2. The highest BCUT2D eigenvalue weighted by molar-refractivity contribution is 7.47. The molecule has 0 heterocycles. The Kier molecular flexibility index (Phi) is 71.8. The Labute approximate surface area is 626 Å².